The molecule has 7 heteroatoms. The first-order valence-corrected chi connectivity index (χ1v) is 5.92. The predicted molar refractivity (Wildman–Crippen MR) is 56.9 cm³/mol. The van der Waals surface area contributed by atoms with E-state index >= 15 is 0 Å². The van der Waals surface area contributed by atoms with Gasteiger partial charge in [0.2, 0.25) is 5.91 Å². The minimum atomic E-state index is -4.30. The second-order valence-corrected chi connectivity index (χ2v) is 4.46. The van der Waals surface area contributed by atoms with Crippen molar-refractivity contribution in [2.45, 2.75) is 37.4 Å². The molecule has 0 saturated carbocycles. The largest absolute Gasteiger partial charge is 0.389 e. The van der Waals surface area contributed by atoms with Crippen molar-refractivity contribution in [3.8, 4) is 0 Å². The Morgan fingerprint density at radius 2 is 1.94 bits per heavy atom. The first-order valence-electron chi connectivity index (χ1n) is 5.38. The molecule has 17 heavy (non-hydrogen) atoms. The molecule has 0 aromatic carbocycles. The molecule has 1 heterocycles. The second kappa shape index (κ2) is 5.91. The average molecular weight is 274 g/mol. The summed E-state index contributed by atoms with van der Waals surface area (Å²) >= 11 is 5.78. The molecule has 1 aliphatic rings. The highest BCUT2D eigenvalue weighted by atomic mass is 35.5. The molecule has 0 radical (unpaired) electrons. The summed E-state index contributed by atoms with van der Waals surface area (Å²) in [5, 5.41) is 2.60. The first-order chi connectivity index (χ1) is 7.87. The molecule has 1 rings (SSSR count). The van der Waals surface area contributed by atoms with E-state index in [0.717, 1.165) is 0 Å². The lowest BCUT2D eigenvalue weighted by Gasteiger charge is -2.36. The van der Waals surface area contributed by atoms with E-state index in [0.29, 0.717) is 26.1 Å². The normalized spacial score (nSPS) is 20.0. The van der Waals surface area contributed by atoms with Crippen LogP contribution in [0, 0.1) is 0 Å². The number of alkyl halides is 4. The number of hydrogen-bond donors (Lipinski definition) is 1. The zero-order valence-electron chi connectivity index (χ0n) is 9.28. The number of amides is 1. The zero-order chi connectivity index (χ0) is 12.9. The Kier molecular flexibility index (Phi) is 5.06. The van der Waals surface area contributed by atoms with Crippen LogP contribution >= 0.6 is 11.6 Å². The van der Waals surface area contributed by atoms with Crippen LogP contribution in [0.2, 0.25) is 0 Å². The van der Waals surface area contributed by atoms with Crippen LogP contribution in [0.15, 0.2) is 0 Å². The SMILES string of the molecule is O=C(CCC(F)(F)F)NC1(CCl)CCOCC1. The molecule has 1 aliphatic heterocycles. The molecule has 100 valence electrons. The lowest BCUT2D eigenvalue weighted by atomic mass is 9.92. The highest BCUT2D eigenvalue weighted by Gasteiger charge is 2.34. The summed E-state index contributed by atoms with van der Waals surface area (Å²) < 4.78 is 41.0. The van der Waals surface area contributed by atoms with Gasteiger partial charge in [-0.25, -0.2) is 0 Å². The minimum Gasteiger partial charge on any atom is -0.381 e. The van der Waals surface area contributed by atoms with Crippen molar-refractivity contribution in [2.75, 3.05) is 19.1 Å². The van der Waals surface area contributed by atoms with Gasteiger partial charge in [-0.3, -0.25) is 4.79 Å². The summed E-state index contributed by atoms with van der Waals surface area (Å²) in [5.74, 6) is -0.418. The molecule has 0 unspecified atom stereocenters. The second-order valence-electron chi connectivity index (χ2n) is 4.19. The summed E-state index contributed by atoms with van der Waals surface area (Å²) in [6.07, 6.45) is -4.89. The fourth-order valence-electron chi connectivity index (χ4n) is 1.67. The number of halogens is 4. The summed E-state index contributed by atoms with van der Waals surface area (Å²) in [5.41, 5.74) is -0.609. The van der Waals surface area contributed by atoms with Crippen molar-refractivity contribution < 1.29 is 22.7 Å². The quantitative estimate of drug-likeness (QED) is 0.798. The maximum atomic E-state index is 11.9. The number of rotatable bonds is 4. The lowest BCUT2D eigenvalue weighted by Crippen LogP contribution is -2.53. The van der Waals surface area contributed by atoms with Gasteiger partial charge >= 0.3 is 6.18 Å². The smallest absolute Gasteiger partial charge is 0.381 e. The van der Waals surface area contributed by atoms with Crippen LogP contribution in [0.25, 0.3) is 0 Å². The number of nitrogens with one attached hydrogen (secondary N) is 1. The van der Waals surface area contributed by atoms with Gasteiger partial charge in [-0.2, -0.15) is 13.2 Å². The van der Waals surface area contributed by atoms with E-state index < -0.39 is 30.5 Å². The molecule has 0 atom stereocenters. The molecule has 1 fully saturated rings. The third kappa shape index (κ3) is 5.12. The minimum absolute atomic E-state index is 0.189. The molecule has 1 saturated heterocycles. The molecule has 3 nitrogen and oxygen atoms in total. The maximum Gasteiger partial charge on any atom is 0.389 e. The van der Waals surface area contributed by atoms with E-state index in [1.54, 1.807) is 0 Å². The van der Waals surface area contributed by atoms with Crippen molar-refractivity contribution in [1.82, 2.24) is 5.32 Å². The molecule has 0 spiro atoms. The van der Waals surface area contributed by atoms with Gasteiger partial charge in [-0.1, -0.05) is 0 Å². The zero-order valence-corrected chi connectivity index (χ0v) is 10.0. The van der Waals surface area contributed by atoms with Crippen LogP contribution in [0.3, 0.4) is 0 Å². The fraction of sp³-hybridized carbons (Fsp3) is 0.900. The summed E-state index contributed by atoms with van der Waals surface area (Å²) in [4.78, 5) is 11.4. The molecule has 1 N–H and O–H groups in total. The molecule has 0 bridgehead atoms. The van der Waals surface area contributed by atoms with Crippen molar-refractivity contribution >= 4 is 17.5 Å². The summed E-state index contributed by atoms with van der Waals surface area (Å²) in [7, 11) is 0. The van der Waals surface area contributed by atoms with Crippen molar-refractivity contribution in [2.24, 2.45) is 0 Å². The highest BCUT2D eigenvalue weighted by molar-refractivity contribution is 6.18. The topological polar surface area (TPSA) is 38.3 Å². The summed E-state index contributed by atoms with van der Waals surface area (Å²) in [6, 6.07) is 0. The van der Waals surface area contributed by atoms with Crippen molar-refractivity contribution in [3.63, 3.8) is 0 Å². The Morgan fingerprint density at radius 1 is 1.35 bits per heavy atom. The highest BCUT2D eigenvalue weighted by Crippen LogP contribution is 2.24. The fourth-order valence-corrected chi connectivity index (χ4v) is 2.00. The number of hydrogen-bond acceptors (Lipinski definition) is 2. The molecular weight excluding hydrogens is 259 g/mol. The molecule has 0 aromatic rings. The first kappa shape index (κ1) is 14.6. The molecule has 1 amide bonds. The predicted octanol–water partition coefficient (Wildman–Crippen LogP) is 2.23. The van der Waals surface area contributed by atoms with Crippen LogP contribution < -0.4 is 5.32 Å². The Balaban J connectivity index is 2.42. The van der Waals surface area contributed by atoms with E-state index in [1.807, 2.05) is 0 Å². The Morgan fingerprint density at radius 3 is 2.41 bits per heavy atom. The maximum absolute atomic E-state index is 11.9. The van der Waals surface area contributed by atoms with Gasteiger partial charge < -0.3 is 10.1 Å². The van der Waals surface area contributed by atoms with Crippen LogP contribution in [0.5, 0.6) is 0 Å². The Bertz CT molecular complexity index is 265. The number of carbonyl (C=O) groups excluding carboxylic acids is 1. The third-order valence-corrected chi connectivity index (χ3v) is 3.26. The van der Waals surface area contributed by atoms with Gasteiger partial charge in [-0.15, -0.1) is 11.6 Å². The van der Waals surface area contributed by atoms with E-state index in [4.69, 9.17) is 16.3 Å². The summed E-state index contributed by atoms with van der Waals surface area (Å²) in [6.45, 7) is 0.929. The van der Waals surface area contributed by atoms with E-state index in [2.05, 4.69) is 5.32 Å². The Labute approximate surface area is 103 Å². The van der Waals surface area contributed by atoms with E-state index in [-0.39, 0.29) is 5.88 Å². The molecular formula is C10H15ClF3NO2. The van der Waals surface area contributed by atoms with E-state index in [1.165, 1.54) is 0 Å². The average Bonchev–Trinajstić information content (AvgIpc) is 2.27. The van der Waals surface area contributed by atoms with Crippen LogP contribution in [-0.2, 0) is 9.53 Å². The Hall–Kier alpha value is -0.490. The van der Waals surface area contributed by atoms with Crippen molar-refractivity contribution in [3.05, 3.63) is 0 Å². The van der Waals surface area contributed by atoms with Crippen LogP contribution in [0.4, 0.5) is 13.2 Å². The van der Waals surface area contributed by atoms with Gasteiger partial charge in [0.05, 0.1) is 12.0 Å². The van der Waals surface area contributed by atoms with E-state index in [9.17, 15) is 18.0 Å². The third-order valence-electron chi connectivity index (χ3n) is 2.75. The van der Waals surface area contributed by atoms with Gasteiger partial charge in [0.15, 0.2) is 0 Å². The van der Waals surface area contributed by atoms with Crippen molar-refractivity contribution in [1.29, 1.82) is 0 Å². The lowest BCUT2D eigenvalue weighted by molar-refractivity contribution is -0.145. The molecule has 0 aromatic heterocycles. The van der Waals surface area contributed by atoms with Gasteiger partial charge in [0, 0.05) is 25.5 Å². The van der Waals surface area contributed by atoms with Gasteiger partial charge in [0.25, 0.3) is 0 Å². The number of ether oxygens (including phenoxy) is 1. The van der Waals surface area contributed by atoms with Gasteiger partial charge in [0.1, 0.15) is 0 Å². The standard InChI is InChI=1S/C10H15ClF3NO2/c11-7-9(3-5-17-6-4-9)15-8(16)1-2-10(12,13)14/h1-7H2,(H,15,16). The molecule has 0 aliphatic carbocycles. The van der Waals surface area contributed by atoms with Crippen LogP contribution in [0.1, 0.15) is 25.7 Å². The van der Waals surface area contributed by atoms with Gasteiger partial charge in [-0.05, 0) is 12.8 Å². The monoisotopic (exact) mass is 273 g/mol. The van der Waals surface area contributed by atoms with Crippen LogP contribution in [-0.4, -0.2) is 36.7 Å². The number of carbonyl (C=O) groups is 1.